The molecule has 0 saturated heterocycles. The van der Waals surface area contributed by atoms with Crippen LogP contribution in [0.5, 0.6) is 0 Å². The summed E-state index contributed by atoms with van der Waals surface area (Å²) in [5, 5.41) is 3.32. The Morgan fingerprint density at radius 3 is 2.45 bits per heavy atom. The van der Waals surface area contributed by atoms with Crippen molar-refractivity contribution in [3.8, 4) is 0 Å². The van der Waals surface area contributed by atoms with Crippen LogP contribution in [0.2, 0.25) is 0 Å². The van der Waals surface area contributed by atoms with Crippen molar-refractivity contribution in [2.24, 2.45) is 0 Å². The number of aryl methyl sites for hydroxylation is 2. The molecule has 2 rings (SSSR count). The second kappa shape index (κ2) is 6.23. The minimum Gasteiger partial charge on any atom is -0.373 e. The summed E-state index contributed by atoms with van der Waals surface area (Å²) in [5.41, 5.74) is 2.49. The summed E-state index contributed by atoms with van der Waals surface area (Å²) < 4.78 is 20.6. The van der Waals surface area contributed by atoms with Crippen LogP contribution in [0.25, 0.3) is 0 Å². The Bertz CT molecular complexity index is 443. The van der Waals surface area contributed by atoms with E-state index in [-0.39, 0.29) is 17.5 Å². The molecule has 1 aromatic carbocycles. The van der Waals surface area contributed by atoms with E-state index in [0.29, 0.717) is 6.61 Å². The molecular weight excluding hydrogens is 253 g/mol. The van der Waals surface area contributed by atoms with E-state index >= 15 is 0 Å². The maximum Gasteiger partial charge on any atom is 0.128 e. The first kappa shape index (κ1) is 15.5. The quantitative estimate of drug-likeness (QED) is 0.878. The van der Waals surface area contributed by atoms with Gasteiger partial charge in [0.15, 0.2) is 0 Å². The number of ether oxygens (including phenoxy) is 1. The van der Waals surface area contributed by atoms with Crippen molar-refractivity contribution in [2.45, 2.75) is 58.1 Å². The van der Waals surface area contributed by atoms with Crippen molar-refractivity contribution in [3.05, 3.63) is 34.6 Å². The van der Waals surface area contributed by atoms with Gasteiger partial charge < -0.3 is 10.1 Å². The van der Waals surface area contributed by atoms with Crippen LogP contribution in [0.3, 0.4) is 0 Å². The third-order valence-electron chi connectivity index (χ3n) is 4.47. The molecular formula is C17H26FNO. The van der Waals surface area contributed by atoms with E-state index in [1.165, 1.54) is 0 Å². The molecule has 0 aliphatic heterocycles. The van der Waals surface area contributed by atoms with Gasteiger partial charge in [-0.25, -0.2) is 4.39 Å². The topological polar surface area (TPSA) is 21.3 Å². The van der Waals surface area contributed by atoms with E-state index in [4.69, 9.17) is 4.74 Å². The standard InChI is InChI=1S/C17H26FNO/c1-5-20-17(8-6-7-9-17)16(19-4)15-13(3)10-12(2)11-14(15)18/h10-11,16,19H,5-9H2,1-4H3. The largest absolute Gasteiger partial charge is 0.373 e. The number of halogens is 1. The minimum atomic E-state index is -0.260. The number of nitrogens with one attached hydrogen (secondary N) is 1. The molecule has 1 saturated carbocycles. The molecule has 0 heterocycles. The highest BCUT2D eigenvalue weighted by Crippen LogP contribution is 2.44. The second-order valence-electron chi connectivity index (χ2n) is 5.90. The Hall–Kier alpha value is -0.930. The lowest BCUT2D eigenvalue weighted by Crippen LogP contribution is -2.44. The Morgan fingerprint density at radius 2 is 1.95 bits per heavy atom. The molecule has 2 nitrogen and oxygen atoms in total. The van der Waals surface area contributed by atoms with Gasteiger partial charge in [-0.3, -0.25) is 0 Å². The first-order chi connectivity index (χ1) is 9.54. The lowest BCUT2D eigenvalue weighted by atomic mass is 9.84. The van der Waals surface area contributed by atoms with Gasteiger partial charge in [0, 0.05) is 12.2 Å². The lowest BCUT2D eigenvalue weighted by molar-refractivity contribution is -0.0618. The van der Waals surface area contributed by atoms with Crippen LogP contribution in [0.15, 0.2) is 12.1 Å². The Labute approximate surface area is 121 Å². The predicted molar refractivity (Wildman–Crippen MR) is 80.5 cm³/mol. The summed E-state index contributed by atoms with van der Waals surface area (Å²) in [5.74, 6) is -0.118. The minimum absolute atomic E-state index is 0.0782. The van der Waals surface area contributed by atoms with Crippen molar-refractivity contribution in [1.82, 2.24) is 5.32 Å². The van der Waals surface area contributed by atoms with Gasteiger partial charge in [0.2, 0.25) is 0 Å². The fourth-order valence-corrected chi connectivity index (χ4v) is 3.74. The van der Waals surface area contributed by atoms with Gasteiger partial charge in [-0.05, 0) is 57.9 Å². The molecule has 1 aromatic rings. The molecule has 0 bridgehead atoms. The predicted octanol–water partition coefficient (Wildman–Crippen LogP) is 4.05. The van der Waals surface area contributed by atoms with E-state index in [1.807, 2.05) is 27.8 Å². The van der Waals surface area contributed by atoms with Crippen LogP contribution in [0, 0.1) is 19.7 Å². The summed E-state index contributed by atoms with van der Waals surface area (Å²) in [7, 11) is 1.91. The van der Waals surface area contributed by atoms with Gasteiger partial charge in [0.05, 0.1) is 11.6 Å². The summed E-state index contributed by atoms with van der Waals surface area (Å²) >= 11 is 0. The van der Waals surface area contributed by atoms with E-state index in [2.05, 4.69) is 11.4 Å². The smallest absolute Gasteiger partial charge is 0.128 e. The van der Waals surface area contributed by atoms with Crippen LogP contribution < -0.4 is 5.32 Å². The fraction of sp³-hybridized carbons (Fsp3) is 0.647. The van der Waals surface area contributed by atoms with Gasteiger partial charge in [0.1, 0.15) is 5.82 Å². The average molecular weight is 279 g/mol. The molecule has 112 valence electrons. The van der Waals surface area contributed by atoms with Crippen molar-refractivity contribution in [2.75, 3.05) is 13.7 Å². The lowest BCUT2D eigenvalue weighted by Gasteiger charge is -2.38. The molecule has 1 aliphatic rings. The SMILES string of the molecule is CCOC1(C(NC)c2c(C)cc(C)cc2F)CCCC1. The monoisotopic (exact) mass is 279 g/mol. The Morgan fingerprint density at radius 1 is 1.30 bits per heavy atom. The fourth-order valence-electron chi connectivity index (χ4n) is 3.74. The van der Waals surface area contributed by atoms with Crippen LogP contribution in [0.1, 0.15) is 55.3 Å². The summed E-state index contributed by atoms with van der Waals surface area (Å²) in [6.45, 7) is 6.61. The van der Waals surface area contributed by atoms with Crippen LogP contribution >= 0.6 is 0 Å². The van der Waals surface area contributed by atoms with E-state index < -0.39 is 0 Å². The molecule has 0 radical (unpaired) electrons. The zero-order valence-electron chi connectivity index (χ0n) is 13.1. The number of hydrogen-bond acceptors (Lipinski definition) is 2. The first-order valence-corrected chi connectivity index (χ1v) is 7.62. The van der Waals surface area contributed by atoms with Gasteiger partial charge >= 0.3 is 0 Å². The van der Waals surface area contributed by atoms with E-state index in [0.717, 1.165) is 42.4 Å². The number of likely N-dealkylation sites (N-methyl/N-ethyl adjacent to an activating group) is 1. The average Bonchev–Trinajstić information content (AvgIpc) is 2.83. The van der Waals surface area contributed by atoms with Crippen molar-refractivity contribution in [3.63, 3.8) is 0 Å². The third-order valence-corrected chi connectivity index (χ3v) is 4.47. The molecule has 20 heavy (non-hydrogen) atoms. The van der Waals surface area contributed by atoms with Crippen LogP contribution in [-0.2, 0) is 4.74 Å². The number of hydrogen-bond donors (Lipinski definition) is 1. The van der Waals surface area contributed by atoms with E-state index in [1.54, 1.807) is 6.07 Å². The molecule has 1 N–H and O–H groups in total. The van der Waals surface area contributed by atoms with Crippen LogP contribution in [-0.4, -0.2) is 19.3 Å². The van der Waals surface area contributed by atoms with Gasteiger partial charge in [-0.15, -0.1) is 0 Å². The Balaban J connectivity index is 2.46. The molecule has 1 unspecified atom stereocenters. The molecule has 1 aliphatic carbocycles. The number of rotatable bonds is 5. The molecule has 0 aromatic heterocycles. The second-order valence-corrected chi connectivity index (χ2v) is 5.90. The summed E-state index contributed by atoms with van der Waals surface area (Å²) in [6, 6.07) is 3.60. The molecule has 1 fully saturated rings. The van der Waals surface area contributed by atoms with Gasteiger partial charge in [-0.1, -0.05) is 18.9 Å². The maximum atomic E-state index is 14.5. The first-order valence-electron chi connectivity index (χ1n) is 7.62. The highest BCUT2D eigenvalue weighted by Gasteiger charge is 2.43. The highest BCUT2D eigenvalue weighted by molar-refractivity contribution is 5.36. The molecule has 0 spiro atoms. The van der Waals surface area contributed by atoms with Crippen molar-refractivity contribution >= 4 is 0 Å². The van der Waals surface area contributed by atoms with Crippen molar-refractivity contribution < 1.29 is 9.13 Å². The van der Waals surface area contributed by atoms with Gasteiger partial charge in [-0.2, -0.15) is 0 Å². The number of benzene rings is 1. The highest BCUT2D eigenvalue weighted by atomic mass is 19.1. The zero-order valence-corrected chi connectivity index (χ0v) is 13.1. The zero-order chi connectivity index (χ0) is 14.8. The van der Waals surface area contributed by atoms with E-state index in [9.17, 15) is 4.39 Å². The van der Waals surface area contributed by atoms with Gasteiger partial charge in [0.25, 0.3) is 0 Å². The summed E-state index contributed by atoms with van der Waals surface area (Å²) in [4.78, 5) is 0. The maximum absolute atomic E-state index is 14.5. The van der Waals surface area contributed by atoms with Crippen molar-refractivity contribution in [1.29, 1.82) is 0 Å². The third kappa shape index (κ3) is 2.75. The Kier molecular flexibility index (Phi) is 4.82. The molecule has 3 heteroatoms. The molecule has 1 atom stereocenters. The van der Waals surface area contributed by atoms with Crippen LogP contribution in [0.4, 0.5) is 4.39 Å². The molecule has 0 amide bonds. The normalized spacial score (nSPS) is 19.2. The summed E-state index contributed by atoms with van der Waals surface area (Å²) in [6.07, 6.45) is 4.31.